The molecule has 0 bridgehead atoms. The van der Waals surface area contributed by atoms with Crippen LogP contribution in [0.25, 0.3) is 0 Å². The molecule has 21 heavy (non-hydrogen) atoms. The lowest BCUT2D eigenvalue weighted by Gasteiger charge is -2.25. The molecule has 114 valence electrons. The number of nitrogens with zero attached hydrogens (tertiary/aromatic N) is 1. The van der Waals surface area contributed by atoms with E-state index >= 15 is 0 Å². The highest BCUT2D eigenvalue weighted by Gasteiger charge is 2.30. The van der Waals surface area contributed by atoms with E-state index in [1.165, 1.54) is 0 Å². The summed E-state index contributed by atoms with van der Waals surface area (Å²) in [5.74, 6) is -3.28. The number of hydrogen-bond acceptors (Lipinski definition) is 3. The largest absolute Gasteiger partial charge is 0.481 e. The van der Waals surface area contributed by atoms with Crippen molar-refractivity contribution in [3.8, 4) is 0 Å². The van der Waals surface area contributed by atoms with Crippen molar-refractivity contribution < 1.29 is 28.2 Å². The number of carboxylic acids is 1. The number of benzene rings is 1. The number of ether oxygens (including phenoxy) is 1. The molecule has 1 N–H and O–H groups in total. The van der Waals surface area contributed by atoms with E-state index in [2.05, 4.69) is 0 Å². The third-order valence-corrected chi connectivity index (χ3v) is 3.22. The second-order valence-corrected chi connectivity index (χ2v) is 4.73. The van der Waals surface area contributed by atoms with Crippen LogP contribution in [0.2, 0.25) is 0 Å². The van der Waals surface area contributed by atoms with Crippen molar-refractivity contribution in [2.75, 3.05) is 18.1 Å². The van der Waals surface area contributed by atoms with Crippen LogP contribution in [-0.4, -0.2) is 36.2 Å². The van der Waals surface area contributed by atoms with Crippen molar-refractivity contribution in [1.82, 2.24) is 0 Å². The SMILES string of the molecule is O=C(O)CCN(C(=O)C1CCCO1)c1ccc(F)cc1F. The molecule has 0 saturated carbocycles. The van der Waals surface area contributed by atoms with E-state index in [0.717, 1.165) is 23.5 Å². The van der Waals surface area contributed by atoms with Crippen LogP contribution >= 0.6 is 0 Å². The Morgan fingerprint density at radius 1 is 1.38 bits per heavy atom. The average Bonchev–Trinajstić information content (AvgIpc) is 2.94. The number of rotatable bonds is 5. The second-order valence-electron chi connectivity index (χ2n) is 4.73. The lowest BCUT2D eigenvalue weighted by molar-refractivity contribution is -0.136. The normalized spacial score (nSPS) is 17.7. The molecule has 1 unspecified atom stereocenters. The number of halogens is 2. The highest BCUT2D eigenvalue weighted by atomic mass is 19.1. The zero-order valence-corrected chi connectivity index (χ0v) is 11.2. The molecule has 5 nitrogen and oxygen atoms in total. The summed E-state index contributed by atoms with van der Waals surface area (Å²) in [6.45, 7) is 0.242. The average molecular weight is 299 g/mol. The van der Waals surface area contributed by atoms with Crippen molar-refractivity contribution >= 4 is 17.6 Å². The highest BCUT2D eigenvalue weighted by molar-refractivity contribution is 5.97. The maximum atomic E-state index is 13.9. The van der Waals surface area contributed by atoms with Crippen LogP contribution in [0.3, 0.4) is 0 Å². The minimum Gasteiger partial charge on any atom is -0.481 e. The molecule has 7 heteroatoms. The highest BCUT2D eigenvalue weighted by Crippen LogP contribution is 2.24. The zero-order valence-electron chi connectivity index (χ0n) is 11.2. The first kappa shape index (κ1) is 15.4. The summed E-state index contributed by atoms with van der Waals surface area (Å²) in [6, 6.07) is 2.81. The molecule has 0 radical (unpaired) electrons. The van der Waals surface area contributed by atoms with Gasteiger partial charge in [-0.05, 0) is 25.0 Å². The number of anilines is 1. The summed E-state index contributed by atoms with van der Waals surface area (Å²) >= 11 is 0. The molecule has 1 saturated heterocycles. The number of amides is 1. The molecule has 1 aliphatic heterocycles. The van der Waals surface area contributed by atoms with Crippen molar-refractivity contribution in [1.29, 1.82) is 0 Å². The van der Waals surface area contributed by atoms with E-state index < -0.39 is 29.6 Å². The summed E-state index contributed by atoms with van der Waals surface area (Å²) in [7, 11) is 0. The molecule has 0 spiro atoms. The first-order valence-corrected chi connectivity index (χ1v) is 6.59. The van der Waals surface area contributed by atoms with Gasteiger partial charge in [0.1, 0.15) is 17.7 Å². The van der Waals surface area contributed by atoms with E-state index in [1.807, 2.05) is 0 Å². The molecule has 1 aromatic rings. The van der Waals surface area contributed by atoms with Gasteiger partial charge in [-0.2, -0.15) is 0 Å². The summed E-state index contributed by atoms with van der Waals surface area (Å²) < 4.78 is 32.1. The molecular weight excluding hydrogens is 284 g/mol. The smallest absolute Gasteiger partial charge is 0.305 e. The molecule has 1 amide bonds. The van der Waals surface area contributed by atoms with Crippen LogP contribution in [0.5, 0.6) is 0 Å². The first-order chi connectivity index (χ1) is 9.99. The third-order valence-electron chi connectivity index (χ3n) is 3.22. The van der Waals surface area contributed by atoms with Crippen molar-refractivity contribution in [3.05, 3.63) is 29.8 Å². The second kappa shape index (κ2) is 6.62. The van der Waals surface area contributed by atoms with Gasteiger partial charge < -0.3 is 14.7 Å². The fourth-order valence-electron chi connectivity index (χ4n) is 2.20. The van der Waals surface area contributed by atoms with Gasteiger partial charge in [0.25, 0.3) is 5.91 Å². The van der Waals surface area contributed by atoms with Gasteiger partial charge in [-0.25, -0.2) is 8.78 Å². The minimum absolute atomic E-state index is 0.141. The molecular formula is C14H15F2NO4. The van der Waals surface area contributed by atoms with Gasteiger partial charge in [-0.1, -0.05) is 0 Å². The van der Waals surface area contributed by atoms with Gasteiger partial charge in [0.2, 0.25) is 0 Å². The molecule has 1 aromatic carbocycles. The molecule has 2 rings (SSSR count). The molecule has 0 aliphatic carbocycles. The first-order valence-electron chi connectivity index (χ1n) is 6.59. The predicted octanol–water partition coefficient (Wildman–Crippen LogP) is 1.95. The Hall–Kier alpha value is -2.02. The summed E-state index contributed by atoms with van der Waals surface area (Å²) in [6.07, 6.45) is 0.179. The summed E-state index contributed by atoms with van der Waals surface area (Å²) in [5, 5.41) is 8.75. The van der Waals surface area contributed by atoms with E-state index in [4.69, 9.17) is 9.84 Å². The van der Waals surface area contributed by atoms with Crippen LogP contribution in [0.1, 0.15) is 19.3 Å². The Balaban J connectivity index is 2.25. The van der Waals surface area contributed by atoms with Crippen molar-refractivity contribution in [2.24, 2.45) is 0 Å². The lowest BCUT2D eigenvalue weighted by atomic mass is 10.2. The molecule has 1 heterocycles. The monoisotopic (exact) mass is 299 g/mol. The van der Waals surface area contributed by atoms with Gasteiger partial charge in [0.05, 0.1) is 12.1 Å². The number of carboxylic acid groups (broad SMARTS) is 1. The van der Waals surface area contributed by atoms with Crippen molar-refractivity contribution in [2.45, 2.75) is 25.4 Å². The van der Waals surface area contributed by atoms with Crippen LogP contribution in [0, 0.1) is 11.6 Å². The quantitative estimate of drug-likeness (QED) is 0.902. The van der Waals surface area contributed by atoms with Crippen LogP contribution in [0.15, 0.2) is 18.2 Å². The fraction of sp³-hybridized carbons (Fsp3) is 0.429. The van der Waals surface area contributed by atoms with Gasteiger partial charge in [0.15, 0.2) is 0 Å². The Bertz CT molecular complexity index is 544. The van der Waals surface area contributed by atoms with E-state index in [-0.39, 0.29) is 18.7 Å². The number of carbonyl (C=O) groups excluding carboxylic acids is 1. The van der Waals surface area contributed by atoms with Crippen molar-refractivity contribution in [3.63, 3.8) is 0 Å². The van der Waals surface area contributed by atoms with Crippen LogP contribution in [0.4, 0.5) is 14.5 Å². The van der Waals surface area contributed by atoms with E-state index in [9.17, 15) is 18.4 Å². The number of hydrogen-bond donors (Lipinski definition) is 1. The standard InChI is InChI=1S/C14H15F2NO4/c15-9-3-4-11(10(16)8-9)17(6-5-13(18)19)14(20)12-2-1-7-21-12/h3-4,8,12H,1-2,5-7H2,(H,18,19). The molecule has 1 fully saturated rings. The van der Waals surface area contributed by atoms with E-state index in [0.29, 0.717) is 19.1 Å². The lowest BCUT2D eigenvalue weighted by Crippen LogP contribution is -2.40. The molecule has 0 aromatic heterocycles. The zero-order chi connectivity index (χ0) is 15.4. The number of aliphatic carboxylic acids is 1. The Labute approximate surface area is 120 Å². The van der Waals surface area contributed by atoms with Gasteiger partial charge in [0, 0.05) is 19.2 Å². The number of carbonyl (C=O) groups is 2. The Morgan fingerprint density at radius 3 is 2.71 bits per heavy atom. The van der Waals surface area contributed by atoms with Crippen LogP contribution in [-0.2, 0) is 14.3 Å². The van der Waals surface area contributed by atoms with Crippen LogP contribution < -0.4 is 4.90 Å². The van der Waals surface area contributed by atoms with Gasteiger partial charge in [-0.15, -0.1) is 0 Å². The Morgan fingerprint density at radius 2 is 2.14 bits per heavy atom. The molecule has 1 aliphatic rings. The third kappa shape index (κ3) is 3.75. The Kier molecular flexibility index (Phi) is 4.85. The maximum absolute atomic E-state index is 13.9. The topological polar surface area (TPSA) is 66.8 Å². The predicted molar refractivity (Wildman–Crippen MR) is 69.9 cm³/mol. The minimum atomic E-state index is -1.11. The fourth-order valence-corrected chi connectivity index (χ4v) is 2.20. The van der Waals surface area contributed by atoms with Gasteiger partial charge >= 0.3 is 5.97 Å². The maximum Gasteiger partial charge on any atom is 0.305 e. The molecule has 1 atom stereocenters. The summed E-state index contributed by atoms with van der Waals surface area (Å²) in [4.78, 5) is 24.1. The van der Waals surface area contributed by atoms with E-state index in [1.54, 1.807) is 0 Å². The van der Waals surface area contributed by atoms with Gasteiger partial charge in [-0.3, -0.25) is 9.59 Å². The summed E-state index contributed by atoms with van der Waals surface area (Å²) in [5.41, 5.74) is -0.141.